The van der Waals surface area contributed by atoms with E-state index >= 15 is 0 Å². The number of anilines is 1. The molecule has 1 aromatic carbocycles. The molecule has 10 nitrogen and oxygen atoms in total. The van der Waals surface area contributed by atoms with Crippen molar-refractivity contribution in [3.05, 3.63) is 54.7 Å². The Bertz CT molecular complexity index is 1610. The van der Waals surface area contributed by atoms with Gasteiger partial charge in [-0.05, 0) is 63.6 Å². The summed E-state index contributed by atoms with van der Waals surface area (Å²) in [6.07, 6.45) is -1.76. The highest BCUT2D eigenvalue weighted by molar-refractivity contribution is 7.90. The molecule has 44 heavy (non-hydrogen) atoms. The van der Waals surface area contributed by atoms with E-state index in [0.717, 1.165) is 6.42 Å². The summed E-state index contributed by atoms with van der Waals surface area (Å²) in [7, 11) is -5.48. The quantitative estimate of drug-likeness (QED) is 0.312. The van der Waals surface area contributed by atoms with Crippen molar-refractivity contribution in [2.45, 2.75) is 70.0 Å². The molecule has 0 unspecified atom stereocenters. The molecule has 2 aliphatic rings. The summed E-state index contributed by atoms with van der Waals surface area (Å²) < 4.78 is 81.4. The lowest BCUT2D eigenvalue weighted by Gasteiger charge is -2.34. The average Bonchev–Trinajstić information content (AvgIpc) is 3.51. The van der Waals surface area contributed by atoms with Crippen molar-refractivity contribution in [1.29, 1.82) is 0 Å². The van der Waals surface area contributed by atoms with Crippen LogP contribution in [0.25, 0.3) is 5.82 Å². The van der Waals surface area contributed by atoms with Crippen LogP contribution in [0.5, 0.6) is 5.88 Å². The summed E-state index contributed by atoms with van der Waals surface area (Å²) in [6, 6.07) is 12.5. The van der Waals surface area contributed by atoms with E-state index in [0.29, 0.717) is 29.6 Å². The number of aromatic nitrogens is 3. The third-order valence-electron chi connectivity index (χ3n) is 8.19. The van der Waals surface area contributed by atoms with Gasteiger partial charge < -0.3 is 14.3 Å². The van der Waals surface area contributed by atoms with Crippen LogP contribution in [-0.2, 0) is 19.5 Å². The van der Waals surface area contributed by atoms with Gasteiger partial charge >= 0.3 is 13.2 Å². The lowest BCUT2D eigenvalue weighted by Crippen LogP contribution is -2.54. The van der Waals surface area contributed by atoms with Crippen LogP contribution in [-0.4, -0.2) is 61.1 Å². The molecule has 1 aliphatic heterocycles. The second kappa shape index (κ2) is 11.7. The van der Waals surface area contributed by atoms with Gasteiger partial charge in [0.05, 0.1) is 16.9 Å². The van der Waals surface area contributed by atoms with Crippen LogP contribution >= 0.6 is 0 Å². The SMILES string of the molecule is CC(=O)OB(NS(=O)(=O)c1ccccc1)c1ccc(-n2ccc(OCCC3(C(F)(F)F)CC3)n2)nc1N1C[C@@H](C)CC1(C)C. The zero-order chi connectivity index (χ0) is 31.9. The number of rotatable bonds is 11. The standard InChI is InChI=1S/C29H35BF3N5O5S/c1-20-18-27(3,4)37(19-20)26-23(30(43-21(2)39)36-44(40,41)22-8-6-5-7-9-22)10-11-24(34-26)38-16-12-25(35-38)42-17-15-28(13-14-28)29(31,32)33/h5-12,16,20,36H,13-15,17-19H2,1-4H3/t20-/m0/s1. The van der Waals surface area contributed by atoms with E-state index in [1.807, 2.05) is 0 Å². The van der Waals surface area contributed by atoms with Gasteiger partial charge in [-0.3, -0.25) is 4.79 Å². The molecule has 236 valence electrons. The third-order valence-corrected chi connectivity index (χ3v) is 9.60. The number of sulfonamides is 1. The van der Waals surface area contributed by atoms with E-state index in [2.05, 4.69) is 35.4 Å². The fourth-order valence-electron chi connectivity index (χ4n) is 5.77. The third kappa shape index (κ3) is 6.73. The Morgan fingerprint density at radius 3 is 2.43 bits per heavy atom. The maximum atomic E-state index is 13.3. The van der Waals surface area contributed by atoms with Gasteiger partial charge in [-0.15, -0.1) is 5.10 Å². The molecule has 0 radical (unpaired) electrons. The maximum absolute atomic E-state index is 13.3. The number of nitrogens with one attached hydrogen (secondary N) is 1. The molecule has 15 heteroatoms. The minimum absolute atomic E-state index is 0.00492. The minimum Gasteiger partial charge on any atom is -0.515 e. The largest absolute Gasteiger partial charge is 0.515 e. The Labute approximate surface area is 255 Å². The van der Waals surface area contributed by atoms with Crippen molar-refractivity contribution < 1.29 is 35.8 Å². The van der Waals surface area contributed by atoms with Crippen LogP contribution in [0.4, 0.5) is 19.0 Å². The summed E-state index contributed by atoms with van der Waals surface area (Å²) in [5.74, 6) is 0.516. The summed E-state index contributed by atoms with van der Waals surface area (Å²) in [5, 5.41) is 4.36. The highest BCUT2D eigenvalue weighted by Gasteiger charge is 2.62. The predicted octanol–water partition coefficient (Wildman–Crippen LogP) is 4.24. The molecule has 3 aromatic rings. The summed E-state index contributed by atoms with van der Waals surface area (Å²) in [6.45, 7) is 7.89. The van der Waals surface area contributed by atoms with Crippen molar-refractivity contribution in [3.8, 4) is 11.7 Å². The molecule has 1 saturated carbocycles. The fraction of sp³-hybridized carbons (Fsp3) is 0.483. The van der Waals surface area contributed by atoms with E-state index in [4.69, 9.17) is 14.4 Å². The first kappa shape index (κ1) is 31.8. The van der Waals surface area contributed by atoms with Crippen LogP contribution in [0.3, 0.4) is 0 Å². The average molecular weight is 634 g/mol. The van der Waals surface area contributed by atoms with E-state index < -0.39 is 34.6 Å². The number of hydrogen-bond acceptors (Lipinski definition) is 8. The summed E-state index contributed by atoms with van der Waals surface area (Å²) in [4.78, 5) is 19.1. The number of hydrogen-bond donors (Lipinski definition) is 1. The Balaban J connectivity index is 1.46. The summed E-state index contributed by atoms with van der Waals surface area (Å²) in [5.41, 5.74) is -1.70. The first-order valence-corrected chi connectivity index (χ1v) is 15.9. The van der Waals surface area contributed by atoms with Gasteiger partial charge in [-0.25, -0.2) is 22.7 Å². The molecule has 3 heterocycles. The lowest BCUT2D eigenvalue weighted by atomic mass is 9.74. The van der Waals surface area contributed by atoms with Crippen LogP contribution < -0.4 is 19.7 Å². The van der Waals surface area contributed by atoms with E-state index in [1.54, 1.807) is 42.6 Å². The predicted molar refractivity (Wildman–Crippen MR) is 158 cm³/mol. The number of nitrogens with zero attached hydrogens (tertiary/aromatic N) is 4. The number of benzene rings is 1. The molecule has 0 bridgehead atoms. The van der Waals surface area contributed by atoms with E-state index in [9.17, 15) is 26.4 Å². The first-order chi connectivity index (χ1) is 20.6. The van der Waals surface area contributed by atoms with Crippen molar-refractivity contribution in [2.24, 2.45) is 11.3 Å². The monoisotopic (exact) mass is 633 g/mol. The topological polar surface area (TPSA) is 116 Å². The normalized spacial score (nSPS) is 19.1. The molecule has 1 atom stereocenters. The molecule has 0 spiro atoms. The minimum atomic E-state index is -4.25. The van der Waals surface area contributed by atoms with Crippen molar-refractivity contribution in [1.82, 2.24) is 19.4 Å². The van der Waals surface area contributed by atoms with Crippen LogP contribution in [0.2, 0.25) is 0 Å². The van der Waals surface area contributed by atoms with Gasteiger partial charge in [-0.2, -0.15) is 13.2 Å². The molecule has 2 fully saturated rings. The van der Waals surface area contributed by atoms with Gasteiger partial charge in [0.15, 0.2) is 5.82 Å². The van der Waals surface area contributed by atoms with Crippen LogP contribution in [0, 0.1) is 11.3 Å². The molecule has 5 rings (SSSR count). The molecular formula is C29H35BF3N5O5S. The number of pyridine rings is 1. The molecule has 2 aromatic heterocycles. The van der Waals surface area contributed by atoms with Gasteiger partial charge in [0.1, 0.15) is 5.82 Å². The highest BCUT2D eigenvalue weighted by atomic mass is 32.2. The molecule has 0 amide bonds. The highest BCUT2D eigenvalue weighted by Crippen LogP contribution is 2.59. The van der Waals surface area contributed by atoms with E-state index in [1.165, 1.54) is 23.7 Å². The number of halogens is 3. The lowest BCUT2D eigenvalue weighted by molar-refractivity contribution is -0.190. The Hall–Kier alpha value is -3.59. The zero-order valence-corrected chi connectivity index (χ0v) is 25.8. The number of alkyl halides is 3. The molecule has 1 aliphatic carbocycles. The van der Waals surface area contributed by atoms with Gasteiger partial charge in [-0.1, -0.05) is 31.2 Å². The first-order valence-electron chi connectivity index (χ1n) is 14.4. The maximum Gasteiger partial charge on any atom is 0.502 e. The second-order valence-corrected chi connectivity index (χ2v) is 13.9. The zero-order valence-electron chi connectivity index (χ0n) is 25.0. The fourth-order valence-corrected chi connectivity index (χ4v) is 6.88. The smallest absolute Gasteiger partial charge is 0.502 e. The van der Waals surface area contributed by atoms with Crippen molar-refractivity contribution in [3.63, 3.8) is 0 Å². The van der Waals surface area contributed by atoms with Gasteiger partial charge in [0.25, 0.3) is 5.97 Å². The van der Waals surface area contributed by atoms with Gasteiger partial charge in [0.2, 0.25) is 15.9 Å². The van der Waals surface area contributed by atoms with Crippen molar-refractivity contribution in [2.75, 3.05) is 18.1 Å². The second-order valence-electron chi connectivity index (χ2n) is 12.2. The van der Waals surface area contributed by atoms with Crippen LogP contribution in [0.15, 0.2) is 59.6 Å². The molecular weight excluding hydrogens is 598 g/mol. The summed E-state index contributed by atoms with van der Waals surface area (Å²) >= 11 is 0. The number of ether oxygens (including phenoxy) is 1. The van der Waals surface area contributed by atoms with E-state index in [-0.39, 0.29) is 42.2 Å². The Morgan fingerprint density at radius 1 is 1.14 bits per heavy atom. The molecule has 1 saturated heterocycles. The number of carbonyl (C=O) groups is 1. The Morgan fingerprint density at radius 2 is 1.84 bits per heavy atom. The molecule has 1 N–H and O–H groups in total. The van der Waals surface area contributed by atoms with Gasteiger partial charge in [0, 0.05) is 36.7 Å². The Kier molecular flexibility index (Phi) is 8.49. The van der Waals surface area contributed by atoms with Crippen LogP contribution in [0.1, 0.15) is 53.4 Å². The number of carbonyl (C=O) groups excluding carboxylic acids is 1. The van der Waals surface area contributed by atoms with Crippen molar-refractivity contribution >= 4 is 34.3 Å².